The molecule has 0 aromatic heterocycles. The zero-order valence-corrected chi connectivity index (χ0v) is 13.8. The fourth-order valence-electron chi connectivity index (χ4n) is 3.01. The number of hydrogen-bond acceptors (Lipinski definition) is 3. The van der Waals surface area contributed by atoms with Gasteiger partial charge in [0.15, 0.2) is 0 Å². The van der Waals surface area contributed by atoms with Crippen LogP contribution in [0.25, 0.3) is 0 Å². The molecule has 1 aliphatic rings. The quantitative estimate of drug-likeness (QED) is 0.804. The molecule has 1 saturated heterocycles. The van der Waals surface area contributed by atoms with Gasteiger partial charge < -0.3 is 10.6 Å². The van der Waals surface area contributed by atoms with Crippen molar-refractivity contribution in [1.29, 1.82) is 0 Å². The van der Waals surface area contributed by atoms with E-state index in [1.165, 1.54) is 45.6 Å². The molecule has 1 fully saturated rings. The van der Waals surface area contributed by atoms with Gasteiger partial charge >= 0.3 is 0 Å². The second-order valence-corrected chi connectivity index (χ2v) is 7.52. The number of rotatable bonds is 6. The molecule has 1 heterocycles. The highest BCUT2D eigenvalue weighted by molar-refractivity contribution is 4.82. The molecule has 1 rings (SSSR count). The first-order valence-electron chi connectivity index (χ1n) is 8.00. The maximum atomic E-state index is 5.89. The van der Waals surface area contributed by atoms with E-state index in [-0.39, 0.29) is 0 Å². The van der Waals surface area contributed by atoms with Crippen LogP contribution in [-0.2, 0) is 0 Å². The Labute approximate surface area is 120 Å². The van der Waals surface area contributed by atoms with Gasteiger partial charge in [0, 0.05) is 31.7 Å². The van der Waals surface area contributed by atoms with Crippen LogP contribution >= 0.6 is 0 Å². The molecule has 0 radical (unpaired) electrons. The van der Waals surface area contributed by atoms with Gasteiger partial charge in [0.25, 0.3) is 0 Å². The summed E-state index contributed by atoms with van der Waals surface area (Å²) in [6.45, 7) is 18.5. The van der Waals surface area contributed by atoms with E-state index in [2.05, 4.69) is 44.4 Å². The second kappa shape index (κ2) is 7.61. The highest BCUT2D eigenvalue weighted by Gasteiger charge is 2.25. The second-order valence-electron chi connectivity index (χ2n) is 7.52. The summed E-state index contributed by atoms with van der Waals surface area (Å²) in [7, 11) is 0. The minimum atomic E-state index is 0.323. The summed E-state index contributed by atoms with van der Waals surface area (Å²) in [5.41, 5.74) is 6.21. The molecule has 1 atom stereocenters. The van der Waals surface area contributed by atoms with Crippen LogP contribution in [0.5, 0.6) is 0 Å². The largest absolute Gasteiger partial charge is 0.330 e. The van der Waals surface area contributed by atoms with Crippen LogP contribution in [-0.4, -0.2) is 54.6 Å². The van der Waals surface area contributed by atoms with Crippen molar-refractivity contribution < 1.29 is 0 Å². The monoisotopic (exact) mass is 269 g/mol. The molecule has 3 heteroatoms. The van der Waals surface area contributed by atoms with Crippen molar-refractivity contribution in [1.82, 2.24) is 9.80 Å². The first-order chi connectivity index (χ1) is 8.82. The highest BCUT2D eigenvalue weighted by atomic mass is 15.3. The maximum Gasteiger partial charge on any atom is 0.0126 e. The van der Waals surface area contributed by atoms with Gasteiger partial charge in [0.05, 0.1) is 0 Å². The Morgan fingerprint density at radius 3 is 2.05 bits per heavy atom. The van der Waals surface area contributed by atoms with Crippen LogP contribution in [0.4, 0.5) is 0 Å². The van der Waals surface area contributed by atoms with Crippen molar-refractivity contribution in [2.45, 2.75) is 53.0 Å². The Morgan fingerprint density at radius 2 is 1.63 bits per heavy atom. The van der Waals surface area contributed by atoms with E-state index in [1.54, 1.807) is 0 Å². The normalized spacial score (nSPS) is 21.0. The van der Waals surface area contributed by atoms with Gasteiger partial charge in [-0.3, -0.25) is 4.90 Å². The first-order valence-corrected chi connectivity index (χ1v) is 8.00. The van der Waals surface area contributed by atoms with E-state index in [0.29, 0.717) is 11.5 Å². The molecule has 1 unspecified atom stereocenters. The van der Waals surface area contributed by atoms with Crippen molar-refractivity contribution in [2.24, 2.45) is 17.6 Å². The number of nitrogens with zero attached hydrogens (tertiary/aromatic N) is 2. The summed E-state index contributed by atoms with van der Waals surface area (Å²) in [4.78, 5) is 5.21. The lowest BCUT2D eigenvalue weighted by Crippen LogP contribution is -2.53. The van der Waals surface area contributed by atoms with Crippen LogP contribution in [0, 0.1) is 11.8 Å². The molecule has 0 aromatic rings. The standard InChI is InChI=1S/C16H35N3/c1-14(2)12-15(13-17)6-7-18-8-10-19(11-9-18)16(3,4)5/h14-15H,6-13,17H2,1-5H3. The molecular weight excluding hydrogens is 234 g/mol. The Bertz CT molecular complexity index is 237. The molecule has 0 saturated carbocycles. The summed E-state index contributed by atoms with van der Waals surface area (Å²) in [5, 5.41) is 0. The lowest BCUT2D eigenvalue weighted by molar-refractivity contribution is 0.0595. The van der Waals surface area contributed by atoms with Crippen molar-refractivity contribution in [2.75, 3.05) is 39.3 Å². The van der Waals surface area contributed by atoms with E-state index in [4.69, 9.17) is 5.73 Å². The Hall–Kier alpha value is -0.120. The average Bonchev–Trinajstić information content (AvgIpc) is 2.33. The maximum absolute atomic E-state index is 5.89. The van der Waals surface area contributed by atoms with Crippen molar-refractivity contribution >= 4 is 0 Å². The van der Waals surface area contributed by atoms with Gasteiger partial charge in [0.2, 0.25) is 0 Å². The minimum absolute atomic E-state index is 0.323. The van der Waals surface area contributed by atoms with Crippen LogP contribution in [0.2, 0.25) is 0 Å². The van der Waals surface area contributed by atoms with Gasteiger partial charge in [-0.25, -0.2) is 0 Å². The zero-order chi connectivity index (χ0) is 14.5. The SMILES string of the molecule is CC(C)CC(CN)CCN1CCN(C(C)(C)C)CC1. The van der Waals surface area contributed by atoms with Gasteiger partial charge in [-0.2, -0.15) is 0 Å². The molecule has 114 valence electrons. The summed E-state index contributed by atoms with van der Waals surface area (Å²) >= 11 is 0. The lowest BCUT2D eigenvalue weighted by atomic mass is 9.94. The zero-order valence-electron chi connectivity index (χ0n) is 13.8. The van der Waals surface area contributed by atoms with Gasteiger partial charge in [-0.15, -0.1) is 0 Å². The van der Waals surface area contributed by atoms with Crippen molar-refractivity contribution in [3.05, 3.63) is 0 Å². The summed E-state index contributed by atoms with van der Waals surface area (Å²) in [6.07, 6.45) is 2.54. The molecule has 3 nitrogen and oxygen atoms in total. The predicted octanol–water partition coefficient (Wildman–Crippen LogP) is 2.41. The third-order valence-corrected chi connectivity index (χ3v) is 4.31. The highest BCUT2D eigenvalue weighted by Crippen LogP contribution is 2.18. The first kappa shape index (κ1) is 16.9. The molecule has 0 spiro atoms. The topological polar surface area (TPSA) is 32.5 Å². The van der Waals surface area contributed by atoms with Crippen molar-refractivity contribution in [3.8, 4) is 0 Å². The smallest absolute Gasteiger partial charge is 0.0126 e. The van der Waals surface area contributed by atoms with E-state index in [1.807, 2.05) is 0 Å². The average molecular weight is 269 g/mol. The summed E-state index contributed by atoms with van der Waals surface area (Å²) < 4.78 is 0. The Morgan fingerprint density at radius 1 is 1.05 bits per heavy atom. The number of nitrogens with two attached hydrogens (primary N) is 1. The van der Waals surface area contributed by atoms with Crippen LogP contribution in [0.15, 0.2) is 0 Å². The van der Waals surface area contributed by atoms with E-state index >= 15 is 0 Å². The molecule has 0 aliphatic carbocycles. The molecule has 19 heavy (non-hydrogen) atoms. The molecule has 0 amide bonds. The van der Waals surface area contributed by atoms with E-state index in [9.17, 15) is 0 Å². The van der Waals surface area contributed by atoms with Crippen LogP contribution < -0.4 is 5.73 Å². The molecular formula is C16H35N3. The van der Waals surface area contributed by atoms with E-state index < -0.39 is 0 Å². The summed E-state index contributed by atoms with van der Waals surface area (Å²) in [6, 6.07) is 0. The molecule has 0 aromatic carbocycles. The van der Waals surface area contributed by atoms with Gasteiger partial charge in [-0.1, -0.05) is 13.8 Å². The molecule has 2 N–H and O–H groups in total. The van der Waals surface area contributed by atoms with Gasteiger partial charge in [-0.05, 0) is 58.5 Å². The lowest BCUT2D eigenvalue weighted by Gasteiger charge is -2.42. The number of hydrogen-bond donors (Lipinski definition) is 1. The fraction of sp³-hybridized carbons (Fsp3) is 1.00. The third kappa shape index (κ3) is 6.24. The Kier molecular flexibility index (Phi) is 6.78. The van der Waals surface area contributed by atoms with E-state index in [0.717, 1.165) is 12.5 Å². The fourth-order valence-corrected chi connectivity index (χ4v) is 3.01. The minimum Gasteiger partial charge on any atom is -0.330 e. The third-order valence-electron chi connectivity index (χ3n) is 4.31. The molecule has 1 aliphatic heterocycles. The Balaban J connectivity index is 2.25. The molecule has 0 bridgehead atoms. The predicted molar refractivity (Wildman–Crippen MR) is 84.4 cm³/mol. The van der Waals surface area contributed by atoms with Crippen LogP contribution in [0.3, 0.4) is 0 Å². The van der Waals surface area contributed by atoms with Crippen molar-refractivity contribution in [3.63, 3.8) is 0 Å². The number of piperazine rings is 1. The van der Waals surface area contributed by atoms with Gasteiger partial charge in [0.1, 0.15) is 0 Å². The summed E-state index contributed by atoms with van der Waals surface area (Å²) in [5.74, 6) is 1.48. The van der Waals surface area contributed by atoms with Crippen LogP contribution in [0.1, 0.15) is 47.5 Å².